The van der Waals surface area contributed by atoms with Gasteiger partial charge in [-0.15, -0.1) is 0 Å². The van der Waals surface area contributed by atoms with Gasteiger partial charge in [0.1, 0.15) is 0 Å². The molecule has 1 saturated carbocycles. The van der Waals surface area contributed by atoms with Crippen molar-refractivity contribution >= 4 is 5.91 Å². The second kappa shape index (κ2) is 5.32. The number of hydrogen-bond donors (Lipinski definition) is 2. The quantitative estimate of drug-likeness (QED) is 0.662. The third-order valence-electron chi connectivity index (χ3n) is 2.56. The van der Waals surface area contributed by atoms with Gasteiger partial charge in [0.2, 0.25) is 5.91 Å². The number of nitrogens with one attached hydrogen (secondary N) is 1. The molecule has 4 heteroatoms. The minimum atomic E-state index is -0.147. The van der Waals surface area contributed by atoms with Crippen molar-refractivity contribution in [1.29, 1.82) is 0 Å². The maximum atomic E-state index is 11.3. The van der Waals surface area contributed by atoms with Crippen molar-refractivity contribution < 1.29 is 9.90 Å². The smallest absolute Gasteiger partial charge is 0.234 e. The van der Waals surface area contributed by atoms with E-state index in [1.807, 2.05) is 19.0 Å². The van der Waals surface area contributed by atoms with E-state index in [4.69, 9.17) is 0 Å². The van der Waals surface area contributed by atoms with E-state index in [0.717, 1.165) is 19.3 Å². The van der Waals surface area contributed by atoms with Gasteiger partial charge in [0.05, 0.1) is 12.6 Å². The van der Waals surface area contributed by atoms with Gasteiger partial charge in [-0.25, -0.2) is 0 Å². The summed E-state index contributed by atoms with van der Waals surface area (Å²) in [4.78, 5) is 13.1. The van der Waals surface area contributed by atoms with Crippen LogP contribution < -0.4 is 5.32 Å². The number of aliphatic hydroxyl groups is 1. The first-order valence-electron chi connectivity index (χ1n) is 5.17. The third kappa shape index (κ3) is 4.07. The van der Waals surface area contributed by atoms with E-state index < -0.39 is 0 Å². The number of carbonyl (C=O) groups excluding carboxylic acids is 1. The van der Waals surface area contributed by atoms with Gasteiger partial charge in [-0.1, -0.05) is 0 Å². The van der Waals surface area contributed by atoms with Gasteiger partial charge in [-0.2, -0.15) is 0 Å². The van der Waals surface area contributed by atoms with Crippen molar-refractivity contribution in [1.82, 2.24) is 10.2 Å². The molecule has 0 radical (unpaired) electrons. The summed E-state index contributed by atoms with van der Waals surface area (Å²) >= 11 is 0. The first-order chi connectivity index (χ1) is 6.58. The zero-order valence-electron chi connectivity index (χ0n) is 8.99. The molecule has 0 saturated heterocycles. The first kappa shape index (κ1) is 11.5. The third-order valence-corrected chi connectivity index (χ3v) is 2.56. The Morgan fingerprint density at radius 3 is 2.71 bits per heavy atom. The maximum Gasteiger partial charge on any atom is 0.234 e. The van der Waals surface area contributed by atoms with Crippen molar-refractivity contribution in [3.8, 4) is 0 Å². The predicted octanol–water partition coefficient (Wildman–Crippen LogP) is -0.175. The van der Waals surface area contributed by atoms with Crippen LogP contribution in [0.4, 0.5) is 0 Å². The zero-order valence-corrected chi connectivity index (χ0v) is 8.99. The highest BCUT2D eigenvalue weighted by atomic mass is 16.3. The second-order valence-electron chi connectivity index (χ2n) is 4.37. The van der Waals surface area contributed by atoms with Gasteiger partial charge in [0.25, 0.3) is 0 Å². The molecule has 0 bridgehead atoms. The van der Waals surface area contributed by atoms with Crippen molar-refractivity contribution in [3.63, 3.8) is 0 Å². The lowest BCUT2D eigenvalue weighted by Gasteiger charge is -2.13. The average Bonchev–Trinajstić information content (AvgIpc) is 2.47. The molecule has 2 N–H and O–H groups in total. The predicted molar refractivity (Wildman–Crippen MR) is 54.9 cm³/mol. The van der Waals surface area contributed by atoms with Gasteiger partial charge in [0.15, 0.2) is 0 Å². The van der Waals surface area contributed by atoms with E-state index >= 15 is 0 Å². The number of likely N-dealkylation sites (N-methyl/N-ethyl adjacent to an activating group) is 1. The topological polar surface area (TPSA) is 52.6 Å². The minimum absolute atomic E-state index is 0.0661. The van der Waals surface area contributed by atoms with Gasteiger partial charge in [0, 0.05) is 6.54 Å². The van der Waals surface area contributed by atoms with E-state index in [0.29, 0.717) is 19.0 Å². The van der Waals surface area contributed by atoms with Crippen LogP contribution in [-0.4, -0.2) is 49.2 Å². The van der Waals surface area contributed by atoms with E-state index in [2.05, 4.69) is 5.32 Å². The van der Waals surface area contributed by atoms with Crippen LogP contribution in [0, 0.1) is 5.92 Å². The van der Waals surface area contributed by atoms with Crippen molar-refractivity contribution in [2.24, 2.45) is 5.92 Å². The Hall–Kier alpha value is -0.610. The summed E-state index contributed by atoms with van der Waals surface area (Å²) in [7, 11) is 3.75. The normalized spacial score (nSPS) is 26.9. The van der Waals surface area contributed by atoms with Crippen LogP contribution in [-0.2, 0) is 4.79 Å². The Labute approximate surface area is 85.3 Å². The molecule has 0 aromatic heterocycles. The van der Waals surface area contributed by atoms with Crippen molar-refractivity contribution in [2.75, 3.05) is 27.2 Å². The Morgan fingerprint density at radius 1 is 1.50 bits per heavy atom. The van der Waals surface area contributed by atoms with Crippen LogP contribution in [0.15, 0.2) is 0 Å². The Balaban J connectivity index is 2.11. The Kier molecular flexibility index (Phi) is 4.35. The molecule has 1 rings (SSSR count). The molecule has 1 amide bonds. The number of amides is 1. The standard InChI is InChI=1S/C10H20N2O2/c1-12(2)7-10(14)11-6-8-3-4-9(13)5-8/h8-9,13H,3-7H2,1-2H3,(H,11,14). The number of aliphatic hydroxyl groups excluding tert-OH is 1. The molecular formula is C10H20N2O2. The molecule has 2 atom stereocenters. The summed E-state index contributed by atoms with van der Waals surface area (Å²) in [5.74, 6) is 0.535. The van der Waals surface area contributed by atoms with Gasteiger partial charge in [-0.3, -0.25) is 4.79 Å². The molecule has 82 valence electrons. The van der Waals surface area contributed by atoms with Crippen LogP contribution in [0.3, 0.4) is 0 Å². The van der Waals surface area contributed by atoms with E-state index in [1.165, 1.54) is 0 Å². The largest absolute Gasteiger partial charge is 0.393 e. The van der Waals surface area contributed by atoms with Crippen molar-refractivity contribution in [3.05, 3.63) is 0 Å². The lowest BCUT2D eigenvalue weighted by molar-refractivity contribution is -0.121. The Morgan fingerprint density at radius 2 is 2.21 bits per heavy atom. The summed E-state index contributed by atoms with van der Waals surface area (Å²) in [6.45, 7) is 1.15. The number of nitrogens with zero attached hydrogens (tertiary/aromatic N) is 1. The molecular weight excluding hydrogens is 180 g/mol. The van der Waals surface area contributed by atoms with Crippen LogP contribution >= 0.6 is 0 Å². The maximum absolute atomic E-state index is 11.3. The number of rotatable bonds is 4. The highest BCUT2D eigenvalue weighted by Gasteiger charge is 2.22. The molecule has 0 aliphatic heterocycles. The van der Waals surface area contributed by atoms with Crippen LogP contribution in [0.1, 0.15) is 19.3 Å². The second-order valence-corrected chi connectivity index (χ2v) is 4.37. The highest BCUT2D eigenvalue weighted by Crippen LogP contribution is 2.24. The molecule has 1 aliphatic carbocycles. The Bertz CT molecular complexity index is 195. The lowest BCUT2D eigenvalue weighted by atomic mass is 10.1. The molecule has 14 heavy (non-hydrogen) atoms. The van der Waals surface area contributed by atoms with Gasteiger partial charge >= 0.3 is 0 Å². The minimum Gasteiger partial charge on any atom is -0.393 e. The van der Waals surface area contributed by atoms with Gasteiger partial charge in [-0.05, 0) is 39.3 Å². The van der Waals surface area contributed by atoms with Crippen LogP contribution in [0.25, 0.3) is 0 Å². The first-order valence-corrected chi connectivity index (χ1v) is 5.17. The molecule has 0 aromatic rings. The van der Waals surface area contributed by atoms with Gasteiger partial charge < -0.3 is 15.3 Å². The fraction of sp³-hybridized carbons (Fsp3) is 0.900. The van der Waals surface area contributed by atoms with Crippen LogP contribution in [0.5, 0.6) is 0 Å². The van der Waals surface area contributed by atoms with E-state index in [1.54, 1.807) is 0 Å². The SMILES string of the molecule is CN(C)CC(=O)NCC1CCC(O)C1. The fourth-order valence-electron chi connectivity index (χ4n) is 1.84. The van der Waals surface area contributed by atoms with Crippen molar-refractivity contribution in [2.45, 2.75) is 25.4 Å². The molecule has 0 heterocycles. The number of hydrogen-bond acceptors (Lipinski definition) is 3. The van der Waals surface area contributed by atoms with Crippen LogP contribution in [0.2, 0.25) is 0 Å². The molecule has 2 unspecified atom stereocenters. The van der Waals surface area contributed by atoms with E-state index in [-0.39, 0.29) is 12.0 Å². The molecule has 4 nitrogen and oxygen atoms in total. The fourth-order valence-corrected chi connectivity index (χ4v) is 1.84. The summed E-state index contributed by atoms with van der Waals surface area (Å²) in [6.07, 6.45) is 2.60. The molecule has 0 spiro atoms. The number of carbonyl (C=O) groups is 1. The molecule has 1 fully saturated rings. The average molecular weight is 200 g/mol. The summed E-state index contributed by atoms with van der Waals surface area (Å²) in [5, 5.41) is 12.2. The lowest BCUT2D eigenvalue weighted by Crippen LogP contribution is -2.35. The molecule has 1 aliphatic rings. The highest BCUT2D eigenvalue weighted by molar-refractivity contribution is 5.77. The van der Waals surface area contributed by atoms with E-state index in [9.17, 15) is 9.90 Å². The molecule has 0 aromatic carbocycles. The summed E-state index contributed by atoms with van der Waals surface area (Å²) in [5.41, 5.74) is 0. The monoisotopic (exact) mass is 200 g/mol. The summed E-state index contributed by atoms with van der Waals surface area (Å²) < 4.78 is 0. The summed E-state index contributed by atoms with van der Waals surface area (Å²) in [6, 6.07) is 0. The zero-order chi connectivity index (χ0) is 10.6.